The van der Waals surface area contributed by atoms with Gasteiger partial charge in [-0.3, -0.25) is 9.35 Å². The van der Waals surface area contributed by atoms with E-state index in [1.165, 1.54) is 96.0 Å². The molecule has 1 amide bonds. The minimum atomic E-state index is -4.37. The summed E-state index contributed by atoms with van der Waals surface area (Å²) in [4.78, 5) is 12.5. The molecule has 6 nitrogen and oxygen atoms in total. The van der Waals surface area contributed by atoms with Gasteiger partial charge in [-0.25, -0.2) is 0 Å². The largest absolute Gasteiger partial charge is 0.387 e. The highest BCUT2D eigenvalue weighted by Crippen LogP contribution is 2.12. The predicted octanol–water partition coefficient (Wildman–Crippen LogP) is 13.0. The summed E-state index contributed by atoms with van der Waals surface area (Å²) < 4.78 is 32.5. The summed E-state index contributed by atoms with van der Waals surface area (Å²) in [7, 11) is -4.37. The van der Waals surface area contributed by atoms with Crippen molar-refractivity contribution < 1.29 is 22.9 Å². The fourth-order valence-corrected chi connectivity index (χ4v) is 6.81. The van der Waals surface area contributed by atoms with Crippen molar-refractivity contribution in [3.63, 3.8) is 0 Å². The maximum Gasteiger partial charge on any atom is 0.267 e. The van der Waals surface area contributed by atoms with Crippen molar-refractivity contribution in [3.05, 3.63) is 72.9 Å². The Morgan fingerprint density at radius 1 is 0.509 bits per heavy atom. The second-order valence-electron chi connectivity index (χ2n) is 14.6. The van der Waals surface area contributed by atoms with Crippen LogP contribution in [-0.4, -0.2) is 41.9 Å². The minimum absolute atomic E-state index is 0.266. The summed E-state index contributed by atoms with van der Waals surface area (Å²) >= 11 is 0. The van der Waals surface area contributed by atoms with Gasteiger partial charge in [0.25, 0.3) is 10.1 Å². The molecule has 0 radical (unpaired) electrons. The number of unbranched alkanes of at least 4 members (excludes halogenated alkanes) is 20. The van der Waals surface area contributed by atoms with Crippen LogP contribution in [0.5, 0.6) is 0 Å². The molecule has 0 aliphatic rings. The first-order valence-corrected chi connectivity index (χ1v) is 23.2. The second kappa shape index (κ2) is 39.5. The van der Waals surface area contributed by atoms with E-state index < -0.39 is 28.0 Å². The van der Waals surface area contributed by atoms with Gasteiger partial charge in [0.15, 0.2) is 0 Å². The summed E-state index contributed by atoms with van der Waals surface area (Å²) in [6.07, 6.45) is 56.0. The first-order valence-electron chi connectivity index (χ1n) is 21.6. The summed E-state index contributed by atoms with van der Waals surface area (Å²) in [5, 5.41) is 13.2. The number of nitrogens with one attached hydrogen (secondary N) is 1. The highest BCUT2D eigenvalue weighted by atomic mass is 32.2. The number of amides is 1. The standard InChI is InChI=1S/C46H81NO5S/c1-3-5-7-9-11-13-15-17-19-21-22-23-24-26-28-30-32-34-36-38-40-42-46(49)47-44(43-53(50,51)52)45(48)41-39-37-35-33-31-29-27-25-20-18-16-14-12-10-8-6-4-2/h15,17,20-22,24-26,31,33,39,41,44-45,48H,3-14,16,18-19,23,27-30,32,34-38,40,42-43H2,1-2H3,(H,47,49)(H,50,51,52)/b17-15-,22-21-,25-20+,26-24-,33-31+,41-39+. The van der Waals surface area contributed by atoms with Gasteiger partial charge in [0, 0.05) is 6.42 Å². The van der Waals surface area contributed by atoms with Crippen LogP contribution in [0.3, 0.4) is 0 Å². The molecular weight excluding hydrogens is 679 g/mol. The van der Waals surface area contributed by atoms with Crippen molar-refractivity contribution in [2.45, 2.75) is 206 Å². The molecule has 0 saturated heterocycles. The van der Waals surface area contributed by atoms with Crippen LogP contribution in [0.15, 0.2) is 72.9 Å². The van der Waals surface area contributed by atoms with E-state index in [4.69, 9.17) is 0 Å². The van der Waals surface area contributed by atoms with Crippen molar-refractivity contribution >= 4 is 16.0 Å². The summed E-state index contributed by atoms with van der Waals surface area (Å²) in [6.45, 7) is 4.50. The fraction of sp³-hybridized carbons (Fsp3) is 0.717. The van der Waals surface area contributed by atoms with Gasteiger partial charge in [-0.15, -0.1) is 0 Å². The molecule has 3 N–H and O–H groups in total. The SMILES string of the molecule is CCCCCCC/C=C\C/C=C\C/C=C\CCCCCCCCC(=O)NC(CS(=O)(=O)O)C(O)/C=C/CC/C=C/CC/C=C/CCCCCCCCC. The zero-order chi connectivity index (χ0) is 38.9. The molecule has 306 valence electrons. The van der Waals surface area contributed by atoms with Gasteiger partial charge < -0.3 is 10.4 Å². The molecule has 2 unspecified atom stereocenters. The Bertz CT molecular complexity index is 1100. The smallest absolute Gasteiger partial charge is 0.267 e. The van der Waals surface area contributed by atoms with Crippen LogP contribution in [0, 0.1) is 0 Å². The maximum absolute atomic E-state index is 12.5. The number of carbonyl (C=O) groups is 1. The number of allylic oxidation sites excluding steroid dienone is 11. The zero-order valence-corrected chi connectivity index (χ0v) is 34.9. The van der Waals surface area contributed by atoms with E-state index in [0.717, 1.165) is 70.6 Å². The van der Waals surface area contributed by atoms with Gasteiger partial charge in [-0.1, -0.05) is 177 Å². The number of hydrogen-bond acceptors (Lipinski definition) is 4. The Hall–Kier alpha value is -2.22. The third kappa shape index (κ3) is 40.8. The molecule has 0 bridgehead atoms. The second-order valence-corrected chi connectivity index (χ2v) is 16.1. The highest BCUT2D eigenvalue weighted by molar-refractivity contribution is 7.85. The number of aliphatic hydroxyl groups is 1. The molecule has 2 atom stereocenters. The van der Waals surface area contributed by atoms with Crippen molar-refractivity contribution in [1.82, 2.24) is 5.32 Å². The van der Waals surface area contributed by atoms with E-state index in [-0.39, 0.29) is 12.3 Å². The molecule has 0 heterocycles. The van der Waals surface area contributed by atoms with Crippen molar-refractivity contribution in [2.75, 3.05) is 5.75 Å². The minimum Gasteiger partial charge on any atom is -0.387 e. The van der Waals surface area contributed by atoms with E-state index in [2.05, 4.69) is 79.9 Å². The van der Waals surface area contributed by atoms with Crippen LogP contribution >= 0.6 is 0 Å². The van der Waals surface area contributed by atoms with Gasteiger partial charge in [0.2, 0.25) is 5.91 Å². The van der Waals surface area contributed by atoms with Crippen LogP contribution in [0.2, 0.25) is 0 Å². The van der Waals surface area contributed by atoms with Crippen molar-refractivity contribution in [2.24, 2.45) is 0 Å². The van der Waals surface area contributed by atoms with Gasteiger partial charge in [0.05, 0.1) is 17.9 Å². The van der Waals surface area contributed by atoms with E-state index in [0.29, 0.717) is 12.8 Å². The van der Waals surface area contributed by atoms with Gasteiger partial charge in [0.1, 0.15) is 0 Å². The predicted molar refractivity (Wildman–Crippen MR) is 230 cm³/mol. The number of rotatable bonds is 38. The van der Waals surface area contributed by atoms with E-state index in [1.807, 2.05) is 0 Å². The van der Waals surface area contributed by atoms with E-state index in [1.54, 1.807) is 6.08 Å². The van der Waals surface area contributed by atoms with Gasteiger partial charge in [-0.05, 0) is 83.5 Å². The molecule has 53 heavy (non-hydrogen) atoms. The summed E-state index contributed by atoms with van der Waals surface area (Å²) in [5.41, 5.74) is 0. The van der Waals surface area contributed by atoms with Crippen LogP contribution < -0.4 is 5.32 Å². The average Bonchev–Trinajstić information content (AvgIpc) is 3.12. The molecule has 0 aromatic rings. The lowest BCUT2D eigenvalue weighted by Gasteiger charge is -2.21. The lowest BCUT2D eigenvalue weighted by Crippen LogP contribution is -2.46. The van der Waals surface area contributed by atoms with Crippen molar-refractivity contribution in [3.8, 4) is 0 Å². The average molecular weight is 760 g/mol. The first kappa shape index (κ1) is 50.8. The molecule has 0 aliphatic carbocycles. The quantitative estimate of drug-likeness (QED) is 0.0330. The van der Waals surface area contributed by atoms with Crippen molar-refractivity contribution in [1.29, 1.82) is 0 Å². The molecule has 0 aliphatic heterocycles. The molecule has 7 heteroatoms. The van der Waals surface area contributed by atoms with E-state index >= 15 is 0 Å². The molecular formula is C46H81NO5S. The molecule has 0 aromatic heterocycles. The van der Waals surface area contributed by atoms with E-state index in [9.17, 15) is 22.9 Å². The highest BCUT2D eigenvalue weighted by Gasteiger charge is 2.24. The summed E-state index contributed by atoms with van der Waals surface area (Å²) in [5.74, 6) is -1.03. The third-order valence-corrected chi connectivity index (χ3v) is 10.1. The Morgan fingerprint density at radius 3 is 1.32 bits per heavy atom. The maximum atomic E-state index is 12.5. The monoisotopic (exact) mass is 760 g/mol. The molecule has 0 aromatic carbocycles. The lowest BCUT2D eigenvalue weighted by molar-refractivity contribution is -0.122. The Balaban J connectivity index is 4.02. The third-order valence-electron chi connectivity index (χ3n) is 9.33. The lowest BCUT2D eigenvalue weighted by atomic mass is 10.1. The fourth-order valence-electron chi connectivity index (χ4n) is 6.08. The molecule has 0 saturated carbocycles. The number of carbonyl (C=O) groups excluding carboxylic acids is 1. The molecule has 0 fully saturated rings. The first-order chi connectivity index (χ1) is 25.8. The number of hydrogen-bond donors (Lipinski definition) is 3. The normalized spacial score (nSPS) is 14.0. The van der Waals surface area contributed by atoms with Crippen LogP contribution in [-0.2, 0) is 14.9 Å². The van der Waals surface area contributed by atoms with Gasteiger partial charge in [-0.2, -0.15) is 8.42 Å². The Labute approximate surface area is 327 Å². The van der Waals surface area contributed by atoms with Crippen LogP contribution in [0.25, 0.3) is 0 Å². The molecule has 0 rings (SSSR count). The number of aliphatic hydroxyl groups excluding tert-OH is 1. The summed E-state index contributed by atoms with van der Waals surface area (Å²) in [6, 6.07) is -1.09. The van der Waals surface area contributed by atoms with Crippen LogP contribution in [0.4, 0.5) is 0 Å². The zero-order valence-electron chi connectivity index (χ0n) is 34.1. The topological polar surface area (TPSA) is 104 Å². The Kier molecular flexibility index (Phi) is 37.8. The Morgan fingerprint density at radius 2 is 0.868 bits per heavy atom. The van der Waals surface area contributed by atoms with Crippen LogP contribution in [0.1, 0.15) is 194 Å². The van der Waals surface area contributed by atoms with Gasteiger partial charge >= 0.3 is 0 Å². The molecule has 0 spiro atoms.